The van der Waals surface area contributed by atoms with Crippen molar-refractivity contribution in [2.45, 2.75) is 40.5 Å². The van der Waals surface area contributed by atoms with E-state index in [1.54, 1.807) is 18.5 Å². The van der Waals surface area contributed by atoms with E-state index < -0.39 is 0 Å². The van der Waals surface area contributed by atoms with Crippen LogP contribution in [-0.2, 0) is 55.0 Å². The molecule has 0 atom stereocenters. The maximum Gasteiger partial charge on any atom is 2.00 e. The Bertz CT molecular complexity index is 3600. The molecule has 6 aromatic heterocycles. The second kappa shape index (κ2) is 18.9. The summed E-state index contributed by atoms with van der Waals surface area (Å²) in [4.78, 5) is 18.9. The van der Waals surface area contributed by atoms with Gasteiger partial charge >= 0.3 is 42.1 Å². The van der Waals surface area contributed by atoms with Crippen molar-refractivity contribution in [1.29, 1.82) is 0 Å². The van der Waals surface area contributed by atoms with E-state index >= 15 is 0 Å². The molecule has 0 radical (unpaired) electrons. The molecule has 6 heterocycles. The zero-order valence-corrected chi connectivity index (χ0v) is 42.6. The second-order valence-electron chi connectivity index (χ2n) is 17.9. The van der Waals surface area contributed by atoms with Crippen LogP contribution in [0.4, 0.5) is 0 Å². The van der Waals surface area contributed by atoms with Gasteiger partial charge in [-0.25, -0.2) is 19.9 Å². The number of benzene rings is 6. The number of ether oxygens (including phenoxy) is 2. The smallest absolute Gasteiger partial charge is 0.509 e. The number of hydrogen-bond donors (Lipinski definition) is 0. The Kier molecular flexibility index (Phi) is 12.5. The van der Waals surface area contributed by atoms with Crippen molar-refractivity contribution in [1.82, 2.24) is 33.6 Å². The van der Waals surface area contributed by atoms with E-state index in [-0.39, 0.29) is 42.1 Å². The predicted octanol–water partition coefficient (Wildman–Crippen LogP) is 13.7. The average Bonchev–Trinajstić information content (AvgIpc) is 3.95. The fourth-order valence-electron chi connectivity index (χ4n) is 9.49. The summed E-state index contributed by atoms with van der Waals surface area (Å²) in [5.41, 5.74) is 7.97. The first-order valence-corrected chi connectivity index (χ1v) is 22.7. The zero-order chi connectivity index (χ0) is 45.2. The SMILES string of the molecule is CC(C)Cc1ccc2c3ccc(Oc4[c-]c5c(cc4)c4ccc(Oc6[c-]c7c(cc6)c6ccc(CC(C)C)cc6n7-c6ccccn6)[c-]c4n5-c4ncccn4)[c-]c3n(-c3ccccn3)c2c1.[Pt+2].[Pt+2]. The van der Waals surface area contributed by atoms with Crippen molar-refractivity contribution >= 4 is 65.4 Å². The van der Waals surface area contributed by atoms with Gasteiger partial charge in [-0.15, -0.1) is 59.3 Å². The summed E-state index contributed by atoms with van der Waals surface area (Å²) < 4.78 is 19.5. The molecule has 342 valence electrons. The molecular weight excluding hydrogens is 1220 g/mol. The summed E-state index contributed by atoms with van der Waals surface area (Å²) in [6.45, 7) is 8.98. The predicted molar refractivity (Wildman–Crippen MR) is 266 cm³/mol. The number of pyridine rings is 2. The van der Waals surface area contributed by atoms with E-state index in [9.17, 15) is 0 Å². The number of aromatic nitrogens is 7. The third kappa shape index (κ3) is 8.42. The van der Waals surface area contributed by atoms with Crippen LogP contribution in [0.3, 0.4) is 0 Å². The number of nitrogens with zero attached hydrogens (tertiary/aromatic N) is 7. The van der Waals surface area contributed by atoms with Crippen molar-refractivity contribution in [3.05, 3.63) is 188 Å². The van der Waals surface area contributed by atoms with Gasteiger partial charge in [0.1, 0.15) is 11.6 Å². The Morgan fingerprint density at radius 3 is 1.14 bits per heavy atom. The third-order valence-corrected chi connectivity index (χ3v) is 12.2. The molecule has 0 bridgehead atoms. The van der Waals surface area contributed by atoms with E-state index in [0.717, 1.165) is 89.9 Å². The first-order valence-electron chi connectivity index (χ1n) is 22.7. The molecule has 12 aromatic rings. The third-order valence-electron chi connectivity index (χ3n) is 12.2. The van der Waals surface area contributed by atoms with Gasteiger partial charge in [-0.3, -0.25) is 0 Å². The summed E-state index contributed by atoms with van der Waals surface area (Å²) in [7, 11) is 0. The van der Waals surface area contributed by atoms with Gasteiger partial charge in [0.15, 0.2) is 0 Å². The standard InChI is InChI=1S/C58H43N7O2.2Pt/c1-36(2)28-38-12-18-44-46-20-14-40(32-52(46)63(50(44)30-38)56-10-5-7-24-59-56)66-42-16-22-48-49-23-17-43(35-55(49)65(54(48)34-42)58-61-26-9-27-62-58)67-41-15-21-47-45-19-13-39(29-37(3)4)31-51(45)64(53(47)33-41)57-11-6-8-25-60-57;;/h5-27,30-31,36-37H,28-29H2,1-4H3;;/q-4;2*+2. The van der Waals surface area contributed by atoms with Gasteiger partial charge in [0.25, 0.3) is 0 Å². The number of fused-ring (bicyclic) bond motifs is 9. The number of rotatable bonds is 11. The molecule has 12 rings (SSSR count). The van der Waals surface area contributed by atoms with Crippen molar-refractivity contribution < 1.29 is 51.6 Å². The molecule has 0 aliphatic rings. The fraction of sp³-hybridized carbons (Fsp3) is 0.138. The van der Waals surface area contributed by atoms with Crippen LogP contribution in [0.2, 0.25) is 0 Å². The molecule has 11 heteroatoms. The van der Waals surface area contributed by atoms with Crippen LogP contribution in [0.15, 0.2) is 152 Å². The van der Waals surface area contributed by atoms with E-state index in [2.05, 4.69) is 120 Å². The second-order valence-corrected chi connectivity index (χ2v) is 17.9. The minimum absolute atomic E-state index is 0. The Morgan fingerprint density at radius 1 is 0.406 bits per heavy atom. The van der Waals surface area contributed by atoms with Crippen LogP contribution < -0.4 is 9.47 Å². The monoisotopic (exact) mass is 1260 g/mol. The van der Waals surface area contributed by atoms with E-state index in [1.807, 2.05) is 89.8 Å². The molecule has 0 saturated heterocycles. The summed E-state index contributed by atoms with van der Waals surface area (Å²) in [6, 6.07) is 57.6. The minimum Gasteiger partial charge on any atom is -0.509 e. The molecule has 9 nitrogen and oxygen atoms in total. The normalized spacial score (nSPS) is 11.6. The molecule has 0 unspecified atom stereocenters. The summed E-state index contributed by atoms with van der Waals surface area (Å²) in [5, 5.41) is 6.29. The van der Waals surface area contributed by atoms with E-state index in [4.69, 9.17) is 19.4 Å². The Morgan fingerprint density at radius 2 is 0.768 bits per heavy atom. The van der Waals surface area contributed by atoms with Gasteiger partial charge in [0, 0.05) is 58.8 Å². The Balaban J connectivity index is 0.00000277. The van der Waals surface area contributed by atoms with Gasteiger partial charge in [-0.1, -0.05) is 86.2 Å². The van der Waals surface area contributed by atoms with Gasteiger partial charge < -0.3 is 23.2 Å². The molecule has 6 aromatic carbocycles. The summed E-state index contributed by atoms with van der Waals surface area (Å²) in [5.74, 6) is 5.32. The summed E-state index contributed by atoms with van der Waals surface area (Å²) in [6.07, 6.45) is 9.08. The van der Waals surface area contributed by atoms with Crippen LogP contribution in [0.25, 0.3) is 83.0 Å². The van der Waals surface area contributed by atoms with Crippen LogP contribution in [0.5, 0.6) is 23.0 Å². The maximum atomic E-state index is 6.62. The van der Waals surface area contributed by atoms with Crippen molar-refractivity contribution in [3.8, 4) is 40.6 Å². The molecule has 0 spiro atoms. The fourth-order valence-corrected chi connectivity index (χ4v) is 9.49. The average molecular weight is 1260 g/mol. The first-order chi connectivity index (χ1) is 32.8. The number of hydrogen-bond acceptors (Lipinski definition) is 6. The van der Waals surface area contributed by atoms with Crippen LogP contribution >= 0.6 is 0 Å². The molecule has 69 heavy (non-hydrogen) atoms. The quantitative estimate of drug-likeness (QED) is 0.120. The Hall–Kier alpha value is -6.92. The van der Waals surface area contributed by atoms with Crippen LogP contribution in [0, 0.1) is 36.1 Å². The van der Waals surface area contributed by atoms with Gasteiger partial charge in [0.05, 0.1) is 0 Å². The molecule has 0 aliphatic carbocycles. The molecule has 0 saturated carbocycles. The zero-order valence-electron chi connectivity index (χ0n) is 38.1. The molecule has 0 amide bonds. The van der Waals surface area contributed by atoms with Crippen LogP contribution in [-0.4, -0.2) is 33.6 Å². The maximum absolute atomic E-state index is 6.62. The summed E-state index contributed by atoms with van der Waals surface area (Å²) >= 11 is 0. The van der Waals surface area contributed by atoms with Gasteiger partial charge in [-0.05, 0) is 89.0 Å². The van der Waals surface area contributed by atoms with Crippen molar-refractivity contribution in [2.24, 2.45) is 11.8 Å². The van der Waals surface area contributed by atoms with Crippen molar-refractivity contribution in [3.63, 3.8) is 0 Å². The molecule has 0 N–H and O–H groups in total. The molecule has 0 fully saturated rings. The minimum atomic E-state index is 0. The van der Waals surface area contributed by atoms with Gasteiger partial charge in [0.2, 0.25) is 5.95 Å². The molecular formula is C58H43N7O2Pt2. The van der Waals surface area contributed by atoms with Gasteiger partial charge in [-0.2, -0.15) is 35.0 Å². The van der Waals surface area contributed by atoms with E-state index in [0.29, 0.717) is 40.8 Å². The Labute approximate surface area is 428 Å². The topological polar surface area (TPSA) is 84.8 Å². The van der Waals surface area contributed by atoms with Crippen molar-refractivity contribution in [2.75, 3.05) is 0 Å². The van der Waals surface area contributed by atoms with E-state index in [1.165, 1.54) is 11.1 Å². The largest absolute Gasteiger partial charge is 2.00 e. The first kappa shape index (κ1) is 45.8. The molecule has 0 aliphatic heterocycles. The van der Waals surface area contributed by atoms with Crippen LogP contribution in [0.1, 0.15) is 38.8 Å².